The lowest BCUT2D eigenvalue weighted by Gasteiger charge is -2.14. The predicted octanol–water partition coefficient (Wildman–Crippen LogP) is 2.60. The molecule has 0 saturated heterocycles. The molecule has 2 N–H and O–H groups in total. The maximum Gasteiger partial charge on any atom is 0.0761 e. The summed E-state index contributed by atoms with van der Waals surface area (Å²) in [5.41, 5.74) is 0.920. The van der Waals surface area contributed by atoms with Crippen LogP contribution in [0.15, 0.2) is 29.2 Å². The second kappa shape index (κ2) is 5.54. The molecule has 3 atom stereocenters. The average molecular weight is 226 g/mol. The molecular weight excluding hydrogens is 208 g/mol. The monoisotopic (exact) mass is 226 g/mol. The number of aliphatic hydroxyl groups excluding tert-OH is 2. The summed E-state index contributed by atoms with van der Waals surface area (Å²) in [6, 6.07) is 7.79. The Morgan fingerprint density at radius 2 is 1.53 bits per heavy atom. The van der Waals surface area contributed by atoms with E-state index in [1.165, 1.54) is 0 Å². The van der Waals surface area contributed by atoms with E-state index >= 15 is 0 Å². The van der Waals surface area contributed by atoms with E-state index < -0.39 is 6.10 Å². The second-order valence-electron chi connectivity index (χ2n) is 3.81. The number of rotatable bonds is 4. The van der Waals surface area contributed by atoms with Crippen LogP contribution in [-0.2, 0) is 0 Å². The first-order chi connectivity index (χ1) is 7.00. The lowest BCUT2D eigenvalue weighted by atomic mass is 10.1. The van der Waals surface area contributed by atoms with E-state index in [0.717, 1.165) is 10.5 Å². The molecule has 84 valence electrons. The van der Waals surface area contributed by atoms with Gasteiger partial charge in [0.15, 0.2) is 0 Å². The third-order valence-corrected chi connectivity index (χ3v) is 3.67. The predicted molar refractivity (Wildman–Crippen MR) is 64.1 cm³/mol. The molecule has 0 saturated carbocycles. The normalized spacial score (nSPS) is 17.1. The molecule has 0 aliphatic carbocycles. The summed E-state index contributed by atoms with van der Waals surface area (Å²) >= 11 is 1.64. The Labute approximate surface area is 95.3 Å². The van der Waals surface area contributed by atoms with Gasteiger partial charge in [0.2, 0.25) is 0 Å². The van der Waals surface area contributed by atoms with Gasteiger partial charge in [0.1, 0.15) is 0 Å². The minimum atomic E-state index is -0.418. The van der Waals surface area contributed by atoms with Crippen LogP contribution in [0.2, 0.25) is 0 Å². The molecule has 0 aliphatic heterocycles. The van der Waals surface area contributed by atoms with Gasteiger partial charge in [-0.05, 0) is 31.5 Å². The number of hydrogen-bond acceptors (Lipinski definition) is 3. The Morgan fingerprint density at radius 1 is 1.00 bits per heavy atom. The van der Waals surface area contributed by atoms with Crippen LogP contribution in [0.1, 0.15) is 32.4 Å². The van der Waals surface area contributed by atoms with Crippen LogP contribution < -0.4 is 0 Å². The molecule has 2 unspecified atom stereocenters. The van der Waals surface area contributed by atoms with Crippen LogP contribution in [0.3, 0.4) is 0 Å². The topological polar surface area (TPSA) is 40.5 Å². The Hall–Kier alpha value is -0.510. The summed E-state index contributed by atoms with van der Waals surface area (Å²) in [6.07, 6.45) is -0.732. The standard InChI is InChI=1S/C12H18O2S/c1-8(13)10(3)15-12-6-4-11(5-7-12)9(2)14/h4-10,13-14H,1-3H3/t8?,9-,10?/m1/s1. The van der Waals surface area contributed by atoms with E-state index in [0.29, 0.717) is 0 Å². The van der Waals surface area contributed by atoms with Crippen molar-refractivity contribution in [2.75, 3.05) is 0 Å². The zero-order valence-electron chi connectivity index (χ0n) is 9.34. The number of thioether (sulfide) groups is 1. The van der Waals surface area contributed by atoms with Gasteiger partial charge >= 0.3 is 0 Å². The molecule has 0 fully saturated rings. The Morgan fingerprint density at radius 3 is 1.93 bits per heavy atom. The molecule has 0 aliphatic rings. The van der Waals surface area contributed by atoms with Crippen molar-refractivity contribution in [1.29, 1.82) is 0 Å². The van der Waals surface area contributed by atoms with Gasteiger partial charge in [-0.15, -0.1) is 11.8 Å². The van der Waals surface area contributed by atoms with Gasteiger partial charge < -0.3 is 10.2 Å². The van der Waals surface area contributed by atoms with Gasteiger partial charge in [-0.1, -0.05) is 19.1 Å². The van der Waals surface area contributed by atoms with Gasteiger partial charge in [-0.25, -0.2) is 0 Å². The van der Waals surface area contributed by atoms with Crippen molar-refractivity contribution in [1.82, 2.24) is 0 Å². The van der Waals surface area contributed by atoms with Crippen molar-refractivity contribution in [2.45, 2.75) is 43.1 Å². The van der Waals surface area contributed by atoms with Crippen LogP contribution >= 0.6 is 11.8 Å². The highest BCUT2D eigenvalue weighted by Gasteiger charge is 2.10. The van der Waals surface area contributed by atoms with Crippen LogP contribution in [0, 0.1) is 0 Å². The summed E-state index contributed by atoms with van der Waals surface area (Å²) in [6.45, 7) is 5.54. The van der Waals surface area contributed by atoms with E-state index in [1.54, 1.807) is 25.6 Å². The lowest BCUT2D eigenvalue weighted by molar-refractivity contribution is 0.196. The fraction of sp³-hybridized carbons (Fsp3) is 0.500. The zero-order valence-corrected chi connectivity index (χ0v) is 10.2. The van der Waals surface area contributed by atoms with Gasteiger partial charge in [-0.2, -0.15) is 0 Å². The molecule has 1 rings (SSSR count). The highest BCUT2D eigenvalue weighted by atomic mass is 32.2. The average Bonchev–Trinajstić information content (AvgIpc) is 2.18. The highest BCUT2D eigenvalue weighted by molar-refractivity contribution is 8.00. The van der Waals surface area contributed by atoms with Crippen LogP contribution in [0.4, 0.5) is 0 Å². The SMILES string of the molecule is CC(O)C(C)Sc1ccc([C@@H](C)O)cc1. The Kier molecular flexibility index (Phi) is 4.64. The second-order valence-corrected chi connectivity index (χ2v) is 5.26. The molecule has 0 bridgehead atoms. The van der Waals surface area contributed by atoms with Gasteiger partial charge in [0, 0.05) is 10.1 Å². The van der Waals surface area contributed by atoms with Crippen LogP contribution in [-0.4, -0.2) is 21.6 Å². The molecule has 3 heteroatoms. The fourth-order valence-electron chi connectivity index (χ4n) is 1.14. The van der Waals surface area contributed by atoms with E-state index in [2.05, 4.69) is 0 Å². The number of benzene rings is 1. The summed E-state index contributed by atoms with van der Waals surface area (Å²) in [7, 11) is 0. The zero-order chi connectivity index (χ0) is 11.4. The summed E-state index contributed by atoms with van der Waals surface area (Å²) in [5.74, 6) is 0. The quantitative estimate of drug-likeness (QED) is 0.775. The number of aliphatic hydroxyl groups is 2. The minimum absolute atomic E-state index is 0.183. The van der Waals surface area contributed by atoms with Crippen molar-refractivity contribution in [3.63, 3.8) is 0 Å². The molecule has 0 spiro atoms. The highest BCUT2D eigenvalue weighted by Crippen LogP contribution is 2.26. The van der Waals surface area contributed by atoms with Gasteiger partial charge in [0.05, 0.1) is 12.2 Å². The summed E-state index contributed by atoms with van der Waals surface area (Å²) < 4.78 is 0. The third kappa shape index (κ3) is 3.86. The van der Waals surface area contributed by atoms with Crippen LogP contribution in [0.5, 0.6) is 0 Å². The first-order valence-electron chi connectivity index (χ1n) is 5.13. The largest absolute Gasteiger partial charge is 0.392 e. The molecule has 0 aromatic heterocycles. The molecule has 0 amide bonds. The lowest BCUT2D eigenvalue weighted by Crippen LogP contribution is -2.14. The van der Waals surface area contributed by atoms with E-state index in [9.17, 15) is 10.2 Å². The third-order valence-electron chi connectivity index (χ3n) is 2.36. The molecule has 2 nitrogen and oxygen atoms in total. The van der Waals surface area contributed by atoms with Crippen molar-refractivity contribution in [3.05, 3.63) is 29.8 Å². The van der Waals surface area contributed by atoms with Crippen molar-refractivity contribution in [2.24, 2.45) is 0 Å². The van der Waals surface area contributed by atoms with Crippen molar-refractivity contribution in [3.8, 4) is 0 Å². The van der Waals surface area contributed by atoms with E-state index in [4.69, 9.17) is 0 Å². The maximum absolute atomic E-state index is 9.36. The molecule has 0 heterocycles. The molecule has 0 radical (unpaired) electrons. The van der Waals surface area contributed by atoms with Gasteiger partial charge in [-0.3, -0.25) is 0 Å². The molecule has 15 heavy (non-hydrogen) atoms. The number of hydrogen-bond donors (Lipinski definition) is 2. The van der Waals surface area contributed by atoms with Crippen molar-refractivity contribution < 1.29 is 10.2 Å². The smallest absolute Gasteiger partial charge is 0.0761 e. The van der Waals surface area contributed by atoms with Crippen LogP contribution in [0.25, 0.3) is 0 Å². The molecule has 1 aromatic carbocycles. The Balaban J connectivity index is 2.64. The van der Waals surface area contributed by atoms with E-state index in [-0.39, 0.29) is 11.4 Å². The maximum atomic E-state index is 9.36. The molecule has 1 aromatic rings. The Bertz CT molecular complexity index is 293. The van der Waals surface area contributed by atoms with Crippen molar-refractivity contribution >= 4 is 11.8 Å². The minimum Gasteiger partial charge on any atom is -0.392 e. The van der Waals surface area contributed by atoms with E-state index in [1.807, 2.05) is 31.2 Å². The first kappa shape index (κ1) is 12.6. The van der Waals surface area contributed by atoms with Gasteiger partial charge in [0.25, 0.3) is 0 Å². The summed E-state index contributed by atoms with van der Waals surface area (Å²) in [4.78, 5) is 1.12. The fourth-order valence-corrected chi connectivity index (χ4v) is 2.06. The summed E-state index contributed by atoms with van der Waals surface area (Å²) in [5, 5.41) is 18.9. The first-order valence-corrected chi connectivity index (χ1v) is 6.01. The molecular formula is C12H18O2S.